The number of carbonyl (C=O) groups is 1. The third-order valence-corrected chi connectivity index (χ3v) is 6.82. The second kappa shape index (κ2) is 9.62. The number of hydrogen-bond donors (Lipinski definition) is 0. The second-order valence-corrected chi connectivity index (χ2v) is 9.15. The van der Waals surface area contributed by atoms with E-state index in [1.807, 2.05) is 13.0 Å². The molecule has 186 valence electrons. The maximum atomic E-state index is 15.2. The number of hydroxylamine groups is 2. The maximum absolute atomic E-state index is 15.2. The zero-order valence-electron chi connectivity index (χ0n) is 20.0. The molecule has 0 bridgehead atoms. The van der Waals surface area contributed by atoms with Crippen molar-refractivity contribution in [3.63, 3.8) is 0 Å². The lowest BCUT2D eigenvalue weighted by molar-refractivity contribution is -0.182. The summed E-state index contributed by atoms with van der Waals surface area (Å²) in [5.74, 6) is -1.32. The number of rotatable bonds is 4. The number of halogens is 2. The van der Waals surface area contributed by atoms with E-state index in [4.69, 9.17) is 4.84 Å². The van der Waals surface area contributed by atoms with Crippen molar-refractivity contribution >= 4 is 11.7 Å². The summed E-state index contributed by atoms with van der Waals surface area (Å²) in [6.07, 6.45) is 6.10. The van der Waals surface area contributed by atoms with Crippen molar-refractivity contribution < 1.29 is 18.4 Å². The summed E-state index contributed by atoms with van der Waals surface area (Å²) in [4.78, 5) is 29.0. The number of anilines is 1. The number of carbonyl (C=O) groups excluding carboxylic acids is 1. The van der Waals surface area contributed by atoms with E-state index in [-0.39, 0.29) is 34.6 Å². The molecule has 36 heavy (non-hydrogen) atoms. The van der Waals surface area contributed by atoms with Gasteiger partial charge in [0.1, 0.15) is 12.1 Å². The van der Waals surface area contributed by atoms with Crippen LogP contribution in [0, 0.1) is 42.7 Å². The predicted molar refractivity (Wildman–Crippen MR) is 125 cm³/mol. The zero-order valence-corrected chi connectivity index (χ0v) is 20.0. The number of piperidine rings is 1. The molecule has 2 saturated heterocycles. The Bertz CT molecular complexity index is 1340. The van der Waals surface area contributed by atoms with Crippen LogP contribution in [0.2, 0.25) is 0 Å². The molecule has 1 amide bonds. The third kappa shape index (κ3) is 4.28. The number of hydrogen-bond acceptors (Lipinski definition) is 7. The summed E-state index contributed by atoms with van der Waals surface area (Å²) in [5.41, 5.74) is 1.96. The van der Waals surface area contributed by atoms with E-state index in [2.05, 4.69) is 15.1 Å². The van der Waals surface area contributed by atoms with E-state index in [0.717, 1.165) is 5.56 Å². The van der Waals surface area contributed by atoms with Gasteiger partial charge in [0.2, 0.25) is 11.7 Å². The van der Waals surface area contributed by atoms with Gasteiger partial charge < -0.3 is 4.90 Å². The van der Waals surface area contributed by atoms with Crippen molar-refractivity contribution in [1.82, 2.24) is 24.8 Å². The highest BCUT2D eigenvalue weighted by atomic mass is 19.1. The highest BCUT2D eigenvalue weighted by Gasteiger charge is 2.38. The molecule has 9 nitrogen and oxygen atoms in total. The van der Waals surface area contributed by atoms with Crippen LogP contribution in [0.1, 0.15) is 47.6 Å². The van der Waals surface area contributed by atoms with Gasteiger partial charge in [0.25, 0.3) is 0 Å². The molecule has 4 heterocycles. The molecule has 0 aliphatic carbocycles. The third-order valence-electron chi connectivity index (χ3n) is 6.82. The molecule has 2 aliphatic heterocycles. The Hall–Kier alpha value is -3.91. The lowest BCUT2D eigenvalue weighted by atomic mass is 9.93. The lowest BCUT2D eigenvalue weighted by Crippen LogP contribution is -2.42. The Morgan fingerprint density at radius 3 is 2.58 bits per heavy atom. The topological polar surface area (TPSA) is 100 Å². The van der Waals surface area contributed by atoms with E-state index in [1.54, 1.807) is 30.3 Å². The molecule has 1 unspecified atom stereocenters. The number of amides is 1. The molecule has 2 fully saturated rings. The van der Waals surface area contributed by atoms with Crippen LogP contribution in [-0.4, -0.2) is 50.4 Å². The van der Waals surface area contributed by atoms with Crippen molar-refractivity contribution in [1.29, 1.82) is 5.26 Å². The minimum atomic E-state index is -0.567. The summed E-state index contributed by atoms with van der Waals surface area (Å²) in [5, 5.41) is 14.8. The molecule has 3 aromatic rings. The average Bonchev–Trinajstić information content (AvgIpc) is 3.55. The van der Waals surface area contributed by atoms with Gasteiger partial charge in [-0.25, -0.2) is 24.1 Å². The molecule has 2 aromatic heterocycles. The predicted octanol–water partition coefficient (Wildman–Crippen LogP) is 3.55. The molecular weight excluding hydrogens is 468 g/mol. The first-order valence-electron chi connectivity index (χ1n) is 11.8. The first-order valence-corrected chi connectivity index (χ1v) is 11.8. The van der Waals surface area contributed by atoms with Gasteiger partial charge >= 0.3 is 0 Å². The lowest BCUT2D eigenvalue weighted by Gasteiger charge is -2.34. The molecule has 0 saturated carbocycles. The normalized spacial score (nSPS) is 18.5. The number of benzene rings is 1. The minimum Gasteiger partial charge on any atom is -0.354 e. The molecule has 2 aliphatic rings. The van der Waals surface area contributed by atoms with Crippen molar-refractivity contribution in [2.24, 2.45) is 5.92 Å². The number of aryl methyl sites for hydroxylation is 1. The van der Waals surface area contributed by atoms with Crippen LogP contribution in [0.15, 0.2) is 30.9 Å². The monoisotopic (exact) mass is 493 g/mol. The van der Waals surface area contributed by atoms with Crippen LogP contribution in [0.5, 0.6) is 0 Å². The fourth-order valence-corrected chi connectivity index (χ4v) is 4.78. The van der Waals surface area contributed by atoms with E-state index < -0.39 is 17.7 Å². The van der Waals surface area contributed by atoms with Crippen LogP contribution in [-0.2, 0) is 9.63 Å². The van der Waals surface area contributed by atoms with Crippen LogP contribution >= 0.6 is 0 Å². The molecule has 11 heteroatoms. The van der Waals surface area contributed by atoms with Crippen molar-refractivity contribution in [2.45, 2.75) is 39.2 Å². The first-order chi connectivity index (χ1) is 17.4. The molecule has 0 radical (unpaired) electrons. The Morgan fingerprint density at radius 2 is 1.89 bits per heavy atom. The SMILES string of the molecule is Cc1cnn(-c2ncnc(N3CCC(C(=O)N4OCCC4c4cc(F)c(C)c(C#N)c4)CC3)c2F)c1. The molecule has 0 N–H and O–H groups in total. The van der Waals surface area contributed by atoms with Crippen LogP contribution in [0.4, 0.5) is 14.6 Å². The standard InChI is InChI=1S/C25H25F2N7O2/c1-15-12-31-33(13-15)24-22(27)23(29-14-30-24)32-6-3-17(4-7-32)25(35)34-21(5-8-36-34)18-9-19(11-28)16(2)20(26)10-18/h9-10,12-14,17,21H,3-8H2,1-2H3. The van der Waals surface area contributed by atoms with Gasteiger partial charge in [-0.05, 0) is 49.9 Å². The molecule has 1 atom stereocenters. The summed E-state index contributed by atoms with van der Waals surface area (Å²) >= 11 is 0. The van der Waals surface area contributed by atoms with E-state index in [9.17, 15) is 14.4 Å². The van der Waals surface area contributed by atoms with Gasteiger partial charge in [0, 0.05) is 37.2 Å². The minimum absolute atomic E-state index is 0.0710. The van der Waals surface area contributed by atoms with Crippen molar-refractivity contribution in [3.8, 4) is 11.9 Å². The average molecular weight is 494 g/mol. The van der Waals surface area contributed by atoms with Gasteiger partial charge in [0.05, 0.1) is 30.5 Å². The maximum Gasteiger partial charge on any atom is 0.249 e. The summed E-state index contributed by atoms with van der Waals surface area (Å²) < 4.78 is 31.0. The zero-order chi connectivity index (χ0) is 25.4. The highest BCUT2D eigenvalue weighted by molar-refractivity contribution is 5.79. The van der Waals surface area contributed by atoms with E-state index in [1.165, 1.54) is 22.1 Å². The fraction of sp³-hybridized carbons (Fsp3) is 0.400. The smallest absolute Gasteiger partial charge is 0.249 e. The van der Waals surface area contributed by atoms with Crippen LogP contribution < -0.4 is 4.90 Å². The fourth-order valence-electron chi connectivity index (χ4n) is 4.78. The molecule has 5 rings (SSSR count). The highest BCUT2D eigenvalue weighted by Crippen LogP contribution is 2.35. The number of aromatic nitrogens is 4. The molecule has 1 aromatic carbocycles. The van der Waals surface area contributed by atoms with E-state index >= 15 is 4.39 Å². The van der Waals surface area contributed by atoms with Gasteiger partial charge in [0.15, 0.2) is 11.6 Å². The molecule has 0 spiro atoms. The molecular formula is C25H25F2N7O2. The van der Waals surface area contributed by atoms with Gasteiger partial charge in [-0.2, -0.15) is 14.8 Å². The van der Waals surface area contributed by atoms with Crippen LogP contribution in [0.3, 0.4) is 0 Å². The Kier molecular flexibility index (Phi) is 6.36. The Balaban J connectivity index is 1.29. The summed E-state index contributed by atoms with van der Waals surface area (Å²) in [7, 11) is 0. The number of nitrogens with zero attached hydrogens (tertiary/aromatic N) is 7. The Morgan fingerprint density at radius 1 is 1.14 bits per heavy atom. The van der Waals surface area contributed by atoms with Crippen molar-refractivity contribution in [2.75, 3.05) is 24.6 Å². The quantitative estimate of drug-likeness (QED) is 0.548. The largest absolute Gasteiger partial charge is 0.354 e. The van der Waals surface area contributed by atoms with Gasteiger partial charge in [-0.3, -0.25) is 9.63 Å². The van der Waals surface area contributed by atoms with Crippen LogP contribution in [0.25, 0.3) is 5.82 Å². The van der Waals surface area contributed by atoms with Gasteiger partial charge in [-0.1, -0.05) is 0 Å². The summed E-state index contributed by atoms with van der Waals surface area (Å²) in [6.45, 7) is 4.60. The van der Waals surface area contributed by atoms with Gasteiger partial charge in [-0.15, -0.1) is 0 Å². The summed E-state index contributed by atoms with van der Waals surface area (Å²) in [6, 6.07) is 4.54. The van der Waals surface area contributed by atoms with E-state index in [0.29, 0.717) is 44.5 Å². The van der Waals surface area contributed by atoms with Crippen molar-refractivity contribution in [3.05, 3.63) is 64.7 Å². The number of nitriles is 1. The first kappa shape index (κ1) is 23.8. The Labute approximate surface area is 206 Å². The second-order valence-electron chi connectivity index (χ2n) is 9.15.